The molecule has 0 saturated carbocycles. The Morgan fingerprint density at radius 2 is 2.08 bits per heavy atom. The largest absolute Gasteiger partial charge is 0.350 e. The van der Waals surface area contributed by atoms with Crippen LogP contribution >= 0.6 is 0 Å². The van der Waals surface area contributed by atoms with Crippen molar-refractivity contribution in [1.29, 1.82) is 0 Å². The molecule has 1 N–H and O–H groups in total. The molecule has 1 aromatic heterocycles. The first-order valence-corrected chi connectivity index (χ1v) is 8.66. The third kappa shape index (κ3) is 4.65. The summed E-state index contributed by atoms with van der Waals surface area (Å²) < 4.78 is 0. The maximum absolute atomic E-state index is 12.4. The summed E-state index contributed by atoms with van der Waals surface area (Å²) in [6.45, 7) is 5.44. The van der Waals surface area contributed by atoms with Crippen molar-refractivity contribution in [2.24, 2.45) is 5.92 Å². The fourth-order valence-corrected chi connectivity index (χ4v) is 3.19. The highest BCUT2D eigenvalue weighted by Gasteiger charge is 2.25. The van der Waals surface area contributed by atoms with E-state index in [-0.39, 0.29) is 11.8 Å². The molecule has 1 aliphatic heterocycles. The molecule has 1 amide bonds. The van der Waals surface area contributed by atoms with E-state index < -0.39 is 0 Å². The van der Waals surface area contributed by atoms with Crippen molar-refractivity contribution >= 4 is 5.91 Å². The van der Waals surface area contributed by atoms with Crippen LogP contribution < -0.4 is 5.32 Å². The van der Waals surface area contributed by atoms with E-state index in [1.807, 2.05) is 18.2 Å². The summed E-state index contributed by atoms with van der Waals surface area (Å²) in [6.07, 6.45) is 3.80. The second-order valence-corrected chi connectivity index (χ2v) is 6.60. The minimum atomic E-state index is 0.0768. The molecule has 1 saturated heterocycles. The number of nitrogens with one attached hydrogen (secondary N) is 1. The summed E-state index contributed by atoms with van der Waals surface area (Å²) >= 11 is 0. The van der Waals surface area contributed by atoms with Crippen molar-refractivity contribution in [2.45, 2.75) is 32.9 Å². The average Bonchev–Trinajstić information content (AvgIpc) is 2.63. The van der Waals surface area contributed by atoms with Crippen LogP contribution in [0.4, 0.5) is 0 Å². The zero-order chi connectivity index (χ0) is 16.8. The van der Waals surface area contributed by atoms with Crippen LogP contribution in [0.2, 0.25) is 0 Å². The number of hydrogen-bond acceptors (Lipinski definition) is 3. The molecule has 3 rings (SSSR count). The van der Waals surface area contributed by atoms with Crippen LogP contribution in [0.25, 0.3) is 0 Å². The molecule has 2 heterocycles. The van der Waals surface area contributed by atoms with Crippen LogP contribution in [-0.4, -0.2) is 28.9 Å². The van der Waals surface area contributed by atoms with E-state index in [9.17, 15) is 4.79 Å². The SMILES string of the molecule is Cc1ccc(CN2CCCC(C(=O)NCc3ccccn3)C2)cc1. The van der Waals surface area contributed by atoms with Gasteiger partial charge in [-0.15, -0.1) is 0 Å². The van der Waals surface area contributed by atoms with E-state index in [0.29, 0.717) is 6.54 Å². The van der Waals surface area contributed by atoms with Crippen LogP contribution in [0.5, 0.6) is 0 Å². The second kappa shape index (κ2) is 8.06. The summed E-state index contributed by atoms with van der Waals surface area (Å²) in [6, 6.07) is 14.4. The minimum Gasteiger partial charge on any atom is -0.350 e. The van der Waals surface area contributed by atoms with E-state index in [4.69, 9.17) is 0 Å². The molecule has 24 heavy (non-hydrogen) atoms. The lowest BCUT2D eigenvalue weighted by molar-refractivity contribution is -0.127. The Labute approximate surface area is 143 Å². The van der Waals surface area contributed by atoms with Gasteiger partial charge in [0.05, 0.1) is 18.2 Å². The molecule has 1 fully saturated rings. The van der Waals surface area contributed by atoms with Crippen molar-refractivity contribution < 1.29 is 4.79 Å². The summed E-state index contributed by atoms with van der Waals surface area (Å²) in [7, 11) is 0. The van der Waals surface area contributed by atoms with E-state index in [1.54, 1.807) is 6.20 Å². The first-order chi connectivity index (χ1) is 11.7. The number of aryl methyl sites for hydroxylation is 1. The van der Waals surface area contributed by atoms with Crippen LogP contribution in [-0.2, 0) is 17.9 Å². The minimum absolute atomic E-state index is 0.0768. The zero-order valence-corrected chi connectivity index (χ0v) is 14.2. The van der Waals surface area contributed by atoms with Gasteiger partial charge < -0.3 is 5.32 Å². The Morgan fingerprint density at radius 1 is 1.25 bits per heavy atom. The van der Waals surface area contributed by atoms with Gasteiger partial charge in [0.2, 0.25) is 5.91 Å². The molecule has 0 aliphatic carbocycles. The zero-order valence-electron chi connectivity index (χ0n) is 14.2. The number of pyridine rings is 1. The third-order valence-corrected chi connectivity index (χ3v) is 4.57. The number of rotatable bonds is 5. The molecule has 1 aliphatic rings. The fourth-order valence-electron chi connectivity index (χ4n) is 3.19. The number of carbonyl (C=O) groups excluding carboxylic acids is 1. The average molecular weight is 323 g/mol. The normalized spacial score (nSPS) is 18.3. The Balaban J connectivity index is 1.51. The quantitative estimate of drug-likeness (QED) is 0.920. The summed E-state index contributed by atoms with van der Waals surface area (Å²) in [5.41, 5.74) is 3.50. The van der Waals surface area contributed by atoms with Gasteiger partial charge >= 0.3 is 0 Å². The molecular weight excluding hydrogens is 298 g/mol. The van der Waals surface area contributed by atoms with E-state index in [1.165, 1.54) is 11.1 Å². The topological polar surface area (TPSA) is 45.2 Å². The molecule has 126 valence electrons. The van der Waals surface area contributed by atoms with Gasteiger partial charge in [0.25, 0.3) is 0 Å². The predicted octanol–water partition coefficient (Wildman–Crippen LogP) is 2.92. The Hall–Kier alpha value is -2.20. The van der Waals surface area contributed by atoms with Gasteiger partial charge in [-0.1, -0.05) is 35.9 Å². The first kappa shape index (κ1) is 16.7. The number of nitrogens with zero attached hydrogens (tertiary/aromatic N) is 2. The molecule has 1 unspecified atom stereocenters. The maximum Gasteiger partial charge on any atom is 0.224 e. The summed E-state index contributed by atoms with van der Waals surface area (Å²) in [5, 5.41) is 3.03. The van der Waals surface area contributed by atoms with E-state index in [2.05, 4.69) is 46.4 Å². The van der Waals surface area contributed by atoms with Gasteiger partial charge in [-0.3, -0.25) is 14.7 Å². The summed E-state index contributed by atoms with van der Waals surface area (Å²) in [4.78, 5) is 19.1. The molecule has 1 aromatic carbocycles. The fraction of sp³-hybridized carbons (Fsp3) is 0.400. The lowest BCUT2D eigenvalue weighted by atomic mass is 9.96. The predicted molar refractivity (Wildman–Crippen MR) is 95.3 cm³/mol. The molecule has 4 nitrogen and oxygen atoms in total. The van der Waals surface area contributed by atoms with Crippen molar-refractivity contribution in [3.63, 3.8) is 0 Å². The molecular formula is C20H25N3O. The van der Waals surface area contributed by atoms with Crippen molar-refractivity contribution in [1.82, 2.24) is 15.2 Å². The highest BCUT2D eigenvalue weighted by atomic mass is 16.1. The van der Waals surface area contributed by atoms with Gasteiger partial charge in [0.1, 0.15) is 0 Å². The number of piperidine rings is 1. The van der Waals surface area contributed by atoms with Gasteiger partial charge in [0.15, 0.2) is 0 Å². The lowest BCUT2D eigenvalue weighted by Crippen LogP contribution is -2.42. The standard InChI is InChI=1S/C20H25N3O/c1-16-7-9-17(10-8-16)14-23-12-4-5-18(15-23)20(24)22-13-19-6-2-3-11-21-19/h2-3,6-11,18H,4-5,12-15H2,1H3,(H,22,24). The van der Waals surface area contributed by atoms with Gasteiger partial charge in [-0.05, 0) is 44.0 Å². The van der Waals surface area contributed by atoms with Gasteiger partial charge in [-0.25, -0.2) is 0 Å². The Kier molecular flexibility index (Phi) is 5.59. The number of hydrogen-bond donors (Lipinski definition) is 1. The molecule has 1 atom stereocenters. The Bertz CT molecular complexity index is 654. The number of benzene rings is 1. The van der Waals surface area contributed by atoms with Crippen molar-refractivity contribution in [2.75, 3.05) is 13.1 Å². The number of carbonyl (C=O) groups is 1. The van der Waals surface area contributed by atoms with Crippen LogP contribution in [0, 0.1) is 12.8 Å². The Morgan fingerprint density at radius 3 is 2.83 bits per heavy atom. The highest BCUT2D eigenvalue weighted by molar-refractivity contribution is 5.78. The second-order valence-electron chi connectivity index (χ2n) is 6.60. The first-order valence-electron chi connectivity index (χ1n) is 8.66. The molecule has 0 spiro atoms. The van der Waals surface area contributed by atoms with Gasteiger partial charge in [0, 0.05) is 19.3 Å². The van der Waals surface area contributed by atoms with Crippen LogP contribution in [0.1, 0.15) is 29.7 Å². The van der Waals surface area contributed by atoms with Crippen LogP contribution in [0.15, 0.2) is 48.7 Å². The van der Waals surface area contributed by atoms with Crippen molar-refractivity contribution in [3.8, 4) is 0 Å². The van der Waals surface area contributed by atoms with Crippen LogP contribution in [0.3, 0.4) is 0 Å². The molecule has 0 bridgehead atoms. The number of amides is 1. The molecule has 0 radical (unpaired) electrons. The third-order valence-electron chi connectivity index (χ3n) is 4.57. The maximum atomic E-state index is 12.4. The number of aromatic nitrogens is 1. The number of likely N-dealkylation sites (tertiary alicyclic amines) is 1. The smallest absolute Gasteiger partial charge is 0.224 e. The highest BCUT2D eigenvalue weighted by Crippen LogP contribution is 2.19. The van der Waals surface area contributed by atoms with E-state index >= 15 is 0 Å². The molecule has 4 heteroatoms. The van der Waals surface area contributed by atoms with E-state index in [0.717, 1.165) is 38.2 Å². The van der Waals surface area contributed by atoms with Crippen molar-refractivity contribution in [3.05, 3.63) is 65.5 Å². The van der Waals surface area contributed by atoms with Gasteiger partial charge in [-0.2, -0.15) is 0 Å². The monoisotopic (exact) mass is 323 g/mol. The lowest BCUT2D eigenvalue weighted by Gasteiger charge is -2.32. The summed E-state index contributed by atoms with van der Waals surface area (Å²) in [5.74, 6) is 0.224. The molecule has 2 aromatic rings.